The van der Waals surface area contributed by atoms with Crippen LogP contribution in [0.25, 0.3) is 0 Å². The van der Waals surface area contributed by atoms with E-state index in [2.05, 4.69) is 0 Å². The third-order valence-electron chi connectivity index (χ3n) is 10.6. The van der Waals surface area contributed by atoms with Gasteiger partial charge in [0.2, 0.25) is 5.78 Å². The van der Waals surface area contributed by atoms with Crippen molar-refractivity contribution in [3.8, 4) is 5.75 Å². The molecule has 3 aliphatic carbocycles. The Morgan fingerprint density at radius 1 is 1.02 bits per heavy atom. The van der Waals surface area contributed by atoms with E-state index in [0.717, 1.165) is 12.5 Å². The predicted molar refractivity (Wildman–Crippen MR) is 168 cm³/mol. The summed E-state index contributed by atoms with van der Waals surface area (Å²) in [6, 6.07) is 8.41. The number of halogens is 1. The van der Waals surface area contributed by atoms with Crippen LogP contribution in [-0.4, -0.2) is 43.4 Å². The summed E-state index contributed by atoms with van der Waals surface area (Å²) in [6.07, 6.45) is 1.59. The Kier molecular flexibility index (Phi) is 7.92. The number of hydrogen-bond donors (Lipinski definition) is 4. The number of aliphatic hydroxyl groups excluding tert-OH is 2. The zero-order valence-electron chi connectivity index (χ0n) is 27.0. The van der Waals surface area contributed by atoms with Crippen LogP contribution in [0.2, 0.25) is 0 Å². The molecule has 2 aromatic rings. The number of phenolic OH excluding ortho intramolecular Hbond substituents is 1. The van der Waals surface area contributed by atoms with E-state index in [1.165, 1.54) is 6.07 Å². The maximum Gasteiger partial charge on any atom is 0.209 e. The predicted octanol–water partition coefficient (Wildman–Crippen LogP) is 6.78. The topological polar surface area (TPSA) is 132 Å². The maximum atomic E-state index is 14.5. The number of hydrogen-bond acceptors (Lipinski definition) is 7. The van der Waals surface area contributed by atoms with Gasteiger partial charge in [0, 0.05) is 22.3 Å². The van der Waals surface area contributed by atoms with Crippen LogP contribution >= 0.6 is 0 Å². The van der Waals surface area contributed by atoms with Crippen molar-refractivity contribution in [1.29, 1.82) is 0 Å². The van der Waals surface area contributed by atoms with Gasteiger partial charge in [-0.3, -0.25) is 14.4 Å². The lowest BCUT2D eigenvalue weighted by Gasteiger charge is -2.59. The van der Waals surface area contributed by atoms with Crippen LogP contribution in [0.15, 0.2) is 53.0 Å². The summed E-state index contributed by atoms with van der Waals surface area (Å²) in [5.74, 6) is -5.56. The van der Waals surface area contributed by atoms with Gasteiger partial charge < -0.3 is 20.4 Å². The second-order valence-corrected chi connectivity index (χ2v) is 14.4. The summed E-state index contributed by atoms with van der Waals surface area (Å²) >= 11 is 0. The lowest BCUT2D eigenvalue weighted by molar-refractivity contribution is -0.171. The molecule has 3 aliphatic rings. The second kappa shape index (κ2) is 10.9. The molecular weight excluding hydrogens is 575 g/mol. The van der Waals surface area contributed by atoms with Crippen LogP contribution in [0.5, 0.6) is 5.75 Å². The monoisotopic (exact) mass is 618 g/mol. The highest BCUT2D eigenvalue weighted by molar-refractivity contribution is 6.25. The van der Waals surface area contributed by atoms with Crippen molar-refractivity contribution >= 4 is 17.3 Å². The molecule has 0 amide bonds. The van der Waals surface area contributed by atoms with E-state index < -0.39 is 56.8 Å². The van der Waals surface area contributed by atoms with Crippen molar-refractivity contribution in [2.75, 3.05) is 0 Å². The maximum absolute atomic E-state index is 14.5. The number of fused-ring (bicyclic) bond motifs is 3. The van der Waals surface area contributed by atoms with Gasteiger partial charge in [0.15, 0.2) is 17.2 Å². The molecule has 0 aliphatic heterocycles. The zero-order chi connectivity index (χ0) is 33.4. The molecule has 0 fully saturated rings. The lowest BCUT2D eigenvalue weighted by atomic mass is 9.44. The fourth-order valence-electron chi connectivity index (χ4n) is 8.76. The van der Waals surface area contributed by atoms with E-state index in [1.54, 1.807) is 32.0 Å². The van der Waals surface area contributed by atoms with E-state index in [0.29, 0.717) is 36.0 Å². The quantitative estimate of drug-likeness (QED) is 0.251. The number of Topliss-reactive ketones (excluding diaryl/α,β-unsaturated/α-hetero) is 3. The van der Waals surface area contributed by atoms with E-state index in [-0.39, 0.29) is 47.4 Å². The molecule has 0 saturated carbocycles. The Bertz CT molecular complexity index is 1700. The van der Waals surface area contributed by atoms with Gasteiger partial charge in [-0.25, -0.2) is 4.39 Å². The number of carbonyl (C=O) groups excluding carboxylic acids is 3. The highest BCUT2D eigenvalue weighted by Crippen LogP contribution is 2.65. The van der Waals surface area contributed by atoms with Crippen molar-refractivity contribution < 1.29 is 39.2 Å². The Hall–Kier alpha value is -3.78. The fraction of sp³-hybridized carbons (Fsp3) is 0.486. The molecule has 0 bridgehead atoms. The Morgan fingerprint density at radius 2 is 1.64 bits per heavy atom. The standard InChI is InChI=1S/C37H43FO7/c1-18(2)23-15-22(13-10-12-21-11-8-9-14-25(21)38)30(40)27-24(23)16-35(6)17-36(7)28(19(3)4)31(41)26(20(5)39)33(43)37(36,45)34(44)29(35)32(27)42/h8-9,11,14-15,18-19,28,40-41,44-45H,10,12-13,16-17H2,1-7H3/t28?,35-,36-,37+/m1/s1. The Balaban J connectivity index is 1.68. The number of aliphatic hydroxyl groups is 3. The van der Waals surface area contributed by atoms with E-state index >= 15 is 0 Å². The highest BCUT2D eigenvalue weighted by atomic mass is 19.1. The molecule has 5 rings (SSSR count). The minimum absolute atomic E-state index is 0.0268. The summed E-state index contributed by atoms with van der Waals surface area (Å²) < 4.78 is 14.2. The molecule has 8 heteroatoms. The van der Waals surface area contributed by atoms with Crippen molar-refractivity contribution in [3.63, 3.8) is 0 Å². The van der Waals surface area contributed by atoms with Gasteiger partial charge >= 0.3 is 0 Å². The molecule has 2 aromatic carbocycles. The highest BCUT2D eigenvalue weighted by Gasteiger charge is 2.71. The van der Waals surface area contributed by atoms with E-state index in [9.17, 15) is 39.2 Å². The molecule has 0 heterocycles. The summed E-state index contributed by atoms with van der Waals surface area (Å²) in [7, 11) is 0. The summed E-state index contributed by atoms with van der Waals surface area (Å²) in [5.41, 5.74) is -3.30. The number of aryl methyl sites for hydroxylation is 2. The molecule has 0 spiro atoms. The molecule has 45 heavy (non-hydrogen) atoms. The first-order chi connectivity index (χ1) is 20.9. The first-order valence-corrected chi connectivity index (χ1v) is 15.7. The van der Waals surface area contributed by atoms with Gasteiger partial charge in [-0.15, -0.1) is 0 Å². The van der Waals surface area contributed by atoms with Gasteiger partial charge in [0.25, 0.3) is 0 Å². The van der Waals surface area contributed by atoms with Crippen LogP contribution in [0.4, 0.5) is 4.39 Å². The van der Waals surface area contributed by atoms with E-state index in [4.69, 9.17) is 0 Å². The normalized spacial score (nSPS) is 28.0. The molecule has 7 nitrogen and oxygen atoms in total. The SMILES string of the molecule is CC(=O)C1=C(O)C(C(C)C)[C@@]2(C)C[C@@]3(C)Cc4c(C(C)C)cc(CCCc5ccccc5F)c(O)c4C(=O)C3=C(O)[C@@]2(O)C1=O. The van der Waals surface area contributed by atoms with Gasteiger partial charge in [-0.2, -0.15) is 0 Å². The van der Waals surface area contributed by atoms with Crippen molar-refractivity contribution in [2.24, 2.45) is 22.7 Å². The van der Waals surface area contributed by atoms with Crippen molar-refractivity contribution in [2.45, 2.75) is 92.1 Å². The van der Waals surface area contributed by atoms with Gasteiger partial charge in [0.05, 0.1) is 5.56 Å². The molecule has 0 saturated heterocycles. The zero-order valence-corrected chi connectivity index (χ0v) is 27.0. The molecular formula is C37H43FO7. The number of aromatic hydroxyl groups is 1. The number of ketones is 3. The third kappa shape index (κ3) is 4.58. The smallest absolute Gasteiger partial charge is 0.209 e. The first-order valence-electron chi connectivity index (χ1n) is 15.7. The number of carbonyl (C=O) groups is 3. The van der Waals surface area contributed by atoms with Crippen molar-refractivity contribution in [3.05, 3.63) is 86.6 Å². The minimum Gasteiger partial charge on any atom is -0.511 e. The summed E-state index contributed by atoms with van der Waals surface area (Å²) in [6.45, 7) is 12.1. The molecule has 1 unspecified atom stereocenters. The lowest BCUT2D eigenvalue weighted by Crippen LogP contribution is -2.67. The number of benzene rings is 2. The Labute approximate surface area is 263 Å². The number of allylic oxidation sites excluding steroid dienone is 2. The van der Waals surface area contributed by atoms with Crippen LogP contribution in [-0.2, 0) is 28.9 Å². The third-order valence-corrected chi connectivity index (χ3v) is 10.6. The second-order valence-electron chi connectivity index (χ2n) is 14.4. The van der Waals surface area contributed by atoms with Crippen LogP contribution in [0, 0.1) is 28.5 Å². The van der Waals surface area contributed by atoms with E-state index in [1.807, 2.05) is 33.8 Å². The molecule has 0 radical (unpaired) electrons. The molecule has 4 N–H and O–H groups in total. The fourth-order valence-corrected chi connectivity index (χ4v) is 8.76. The Morgan fingerprint density at radius 3 is 2.22 bits per heavy atom. The van der Waals surface area contributed by atoms with Crippen LogP contribution in [0.3, 0.4) is 0 Å². The number of phenols is 1. The van der Waals surface area contributed by atoms with Crippen molar-refractivity contribution in [1.82, 2.24) is 0 Å². The molecule has 240 valence electrons. The van der Waals surface area contributed by atoms with Gasteiger partial charge in [0.1, 0.15) is 28.7 Å². The summed E-state index contributed by atoms with van der Waals surface area (Å²) in [5, 5.41) is 47.1. The average molecular weight is 619 g/mol. The minimum atomic E-state index is -2.65. The van der Waals surface area contributed by atoms with Gasteiger partial charge in [-0.05, 0) is 79.2 Å². The molecule has 4 atom stereocenters. The average Bonchev–Trinajstić information content (AvgIpc) is 2.92. The number of rotatable bonds is 7. The summed E-state index contributed by atoms with van der Waals surface area (Å²) in [4.78, 5) is 41.0. The molecule has 0 aromatic heterocycles. The van der Waals surface area contributed by atoms with Crippen LogP contribution < -0.4 is 0 Å². The van der Waals surface area contributed by atoms with Crippen LogP contribution in [0.1, 0.15) is 99.8 Å². The van der Waals surface area contributed by atoms with Gasteiger partial charge in [-0.1, -0.05) is 65.8 Å². The largest absolute Gasteiger partial charge is 0.511 e. The first kappa shape index (κ1) is 32.6.